The zero-order valence-electron chi connectivity index (χ0n) is 10.4. The maximum Gasteiger partial charge on any atom is 0.302 e. The minimum Gasteiger partial charge on any atom is -0.462 e. The lowest BCUT2D eigenvalue weighted by Crippen LogP contribution is -2.18. The maximum absolute atomic E-state index is 11.0. The lowest BCUT2D eigenvalue weighted by atomic mass is 10.0. The van der Waals surface area contributed by atoms with Crippen LogP contribution in [0.15, 0.2) is 24.3 Å². The first-order valence-electron chi connectivity index (χ1n) is 5.96. The number of benzene rings is 1. The van der Waals surface area contributed by atoms with Crippen molar-refractivity contribution in [2.75, 3.05) is 0 Å². The normalized spacial score (nSPS) is 12.2. The number of carbonyl (C=O) groups is 1. The molecule has 0 amide bonds. The number of rotatable bonds is 6. The van der Waals surface area contributed by atoms with Gasteiger partial charge in [0.1, 0.15) is 6.10 Å². The average Bonchev–Trinajstić information content (AvgIpc) is 2.29. The summed E-state index contributed by atoms with van der Waals surface area (Å²) >= 11 is 3.44. The summed E-state index contributed by atoms with van der Waals surface area (Å²) in [6.07, 6.45) is 2.74. The Morgan fingerprint density at radius 3 is 2.71 bits per heavy atom. The zero-order valence-corrected chi connectivity index (χ0v) is 12.0. The van der Waals surface area contributed by atoms with E-state index >= 15 is 0 Å². The Balaban J connectivity index is 2.67. The Hall–Kier alpha value is -0.830. The second-order valence-electron chi connectivity index (χ2n) is 4.18. The van der Waals surface area contributed by atoms with E-state index in [9.17, 15) is 4.79 Å². The van der Waals surface area contributed by atoms with Crippen LogP contribution in [0.4, 0.5) is 0 Å². The first kappa shape index (κ1) is 14.2. The van der Waals surface area contributed by atoms with Crippen LogP contribution in [-0.4, -0.2) is 12.1 Å². The van der Waals surface area contributed by atoms with Gasteiger partial charge in [-0.1, -0.05) is 53.5 Å². The molecule has 0 saturated carbocycles. The van der Waals surface area contributed by atoms with Gasteiger partial charge in [-0.3, -0.25) is 4.79 Å². The lowest BCUT2D eigenvalue weighted by molar-refractivity contribution is -0.146. The Labute approximate surface area is 111 Å². The highest BCUT2D eigenvalue weighted by molar-refractivity contribution is 9.08. The fourth-order valence-corrected chi connectivity index (χ4v) is 2.21. The first-order valence-corrected chi connectivity index (χ1v) is 7.08. The molecule has 0 fully saturated rings. The Kier molecular flexibility index (Phi) is 6.27. The molecule has 3 heteroatoms. The fraction of sp³-hybridized carbons (Fsp3) is 0.500. The standard InChI is InChI=1S/C14H19BrO2/c1-3-5-14(17-11(2)16)9-12-6-4-7-13(8-12)10-15/h4,6-8,14H,3,5,9-10H2,1-2H3. The maximum atomic E-state index is 11.0. The van der Waals surface area contributed by atoms with Crippen LogP contribution in [0, 0.1) is 0 Å². The number of alkyl halides is 1. The van der Waals surface area contributed by atoms with Crippen molar-refractivity contribution in [3.05, 3.63) is 35.4 Å². The van der Waals surface area contributed by atoms with Crippen molar-refractivity contribution in [2.24, 2.45) is 0 Å². The summed E-state index contributed by atoms with van der Waals surface area (Å²) in [5.41, 5.74) is 2.47. The molecule has 0 aliphatic rings. The van der Waals surface area contributed by atoms with E-state index in [1.165, 1.54) is 18.1 Å². The van der Waals surface area contributed by atoms with Gasteiger partial charge in [0.15, 0.2) is 0 Å². The molecule has 1 aromatic carbocycles. The summed E-state index contributed by atoms with van der Waals surface area (Å²) in [6, 6.07) is 8.36. The molecule has 1 rings (SSSR count). The van der Waals surface area contributed by atoms with Gasteiger partial charge in [-0.25, -0.2) is 0 Å². The van der Waals surface area contributed by atoms with Crippen molar-refractivity contribution in [2.45, 2.75) is 44.5 Å². The van der Waals surface area contributed by atoms with Crippen LogP contribution >= 0.6 is 15.9 Å². The monoisotopic (exact) mass is 298 g/mol. The summed E-state index contributed by atoms with van der Waals surface area (Å²) in [5, 5.41) is 0.854. The second-order valence-corrected chi connectivity index (χ2v) is 4.74. The van der Waals surface area contributed by atoms with Crippen molar-refractivity contribution in [1.82, 2.24) is 0 Å². The van der Waals surface area contributed by atoms with Crippen LogP contribution in [0.3, 0.4) is 0 Å². The summed E-state index contributed by atoms with van der Waals surface area (Å²) in [4.78, 5) is 11.0. The van der Waals surface area contributed by atoms with Gasteiger partial charge in [0.05, 0.1) is 0 Å². The third-order valence-corrected chi connectivity index (χ3v) is 3.20. The molecule has 1 unspecified atom stereocenters. The van der Waals surface area contributed by atoms with Crippen molar-refractivity contribution < 1.29 is 9.53 Å². The highest BCUT2D eigenvalue weighted by atomic mass is 79.9. The predicted octanol–water partition coefficient (Wildman–Crippen LogP) is 3.86. The molecule has 0 heterocycles. The molecule has 0 radical (unpaired) electrons. The summed E-state index contributed by atoms with van der Waals surface area (Å²) < 4.78 is 5.32. The molecule has 0 aliphatic heterocycles. The van der Waals surface area contributed by atoms with Crippen LogP contribution in [-0.2, 0) is 21.3 Å². The van der Waals surface area contributed by atoms with E-state index in [-0.39, 0.29) is 12.1 Å². The predicted molar refractivity (Wildman–Crippen MR) is 73.2 cm³/mol. The number of halogens is 1. The van der Waals surface area contributed by atoms with Gasteiger partial charge < -0.3 is 4.74 Å². The van der Waals surface area contributed by atoms with E-state index < -0.39 is 0 Å². The molecule has 2 nitrogen and oxygen atoms in total. The minimum absolute atomic E-state index is 0.00285. The van der Waals surface area contributed by atoms with Gasteiger partial charge in [-0.15, -0.1) is 0 Å². The van der Waals surface area contributed by atoms with E-state index in [2.05, 4.69) is 41.1 Å². The minimum atomic E-state index is -0.194. The van der Waals surface area contributed by atoms with Gasteiger partial charge >= 0.3 is 5.97 Å². The van der Waals surface area contributed by atoms with Crippen molar-refractivity contribution >= 4 is 21.9 Å². The third-order valence-electron chi connectivity index (χ3n) is 2.55. The summed E-state index contributed by atoms with van der Waals surface area (Å²) in [6.45, 7) is 3.57. The highest BCUT2D eigenvalue weighted by Crippen LogP contribution is 2.14. The Bertz CT molecular complexity index is 363. The van der Waals surface area contributed by atoms with Crippen LogP contribution in [0.2, 0.25) is 0 Å². The van der Waals surface area contributed by atoms with Gasteiger partial charge in [0, 0.05) is 18.7 Å². The molecule has 94 valence electrons. The van der Waals surface area contributed by atoms with E-state index in [4.69, 9.17) is 4.74 Å². The van der Waals surface area contributed by atoms with E-state index in [0.29, 0.717) is 0 Å². The molecule has 0 spiro atoms. The molecule has 0 aliphatic carbocycles. The zero-order chi connectivity index (χ0) is 12.7. The van der Waals surface area contributed by atoms with Gasteiger partial charge in [0.25, 0.3) is 0 Å². The van der Waals surface area contributed by atoms with Crippen molar-refractivity contribution in [1.29, 1.82) is 0 Å². The summed E-state index contributed by atoms with van der Waals surface area (Å²) in [7, 11) is 0. The lowest BCUT2D eigenvalue weighted by Gasteiger charge is -2.16. The van der Waals surface area contributed by atoms with Gasteiger partial charge in [-0.2, -0.15) is 0 Å². The molecule has 1 atom stereocenters. The third kappa shape index (κ3) is 5.35. The number of hydrogen-bond donors (Lipinski definition) is 0. The van der Waals surface area contributed by atoms with E-state index in [1.54, 1.807) is 0 Å². The van der Waals surface area contributed by atoms with Gasteiger partial charge in [0.2, 0.25) is 0 Å². The van der Waals surface area contributed by atoms with Crippen LogP contribution < -0.4 is 0 Å². The number of hydrogen-bond acceptors (Lipinski definition) is 2. The molecule has 0 N–H and O–H groups in total. The molecule has 1 aromatic rings. The van der Waals surface area contributed by atoms with Crippen LogP contribution in [0.5, 0.6) is 0 Å². The SMILES string of the molecule is CCCC(Cc1cccc(CBr)c1)OC(C)=O. The smallest absolute Gasteiger partial charge is 0.302 e. The molecular weight excluding hydrogens is 280 g/mol. The first-order chi connectivity index (χ1) is 8.15. The highest BCUT2D eigenvalue weighted by Gasteiger charge is 2.12. The Morgan fingerprint density at radius 2 is 2.12 bits per heavy atom. The summed E-state index contributed by atoms with van der Waals surface area (Å²) in [5.74, 6) is -0.194. The topological polar surface area (TPSA) is 26.3 Å². The quantitative estimate of drug-likeness (QED) is 0.589. The average molecular weight is 299 g/mol. The molecule has 17 heavy (non-hydrogen) atoms. The number of esters is 1. The van der Waals surface area contributed by atoms with Crippen LogP contribution in [0.25, 0.3) is 0 Å². The Morgan fingerprint density at radius 1 is 1.41 bits per heavy atom. The fourth-order valence-electron chi connectivity index (χ4n) is 1.86. The van der Waals surface area contributed by atoms with Gasteiger partial charge in [-0.05, 0) is 17.5 Å². The van der Waals surface area contributed by atoms with E-state index in [1.807, 2.05) is 6.07 Å². The number of ether oxygens (including phenoxy) is 1. The second kappa shape index (κ2) is 7.49. The van der Waals surface area contributed by atoms with E-state index in [0.717, 1.165) is 24.6 Å². The van der Waals surface area contributed by atoms with Crippen molar-refractivity contribution in [3.63, 3.8) is 0 Å². The van der Waals surface area contributed by atoms with Crippen LogP contribution in [0.1, 0.15) is 37.8 Å². The largest absolute Gasteiger partial charge is 0.462 e. The molecular formula is C14H19BrO2. The van der Waals surface area contributed by atoms with Crippen molar-refractivity contribution in [3.8, 4) is 0 Å². The number of carbonyl (C=O) groups excluding carboxylic acids is 1. The molecule has 0 aromatic heterocycles. The molecule has 0 saturated heterocycles. The molecule has 0 bridgehead atoms.